The van der Waals surface area contributed by atoms with Gasteiger partial charge in [0.1, 0.15) is 12.2 Å². The second kappa shape index (κ2) is 6.71. The third-order valence-corrected chi connectivity index (χ3v) is 9.07. The van der Waals surface area contributed by atoms with Gasteiger partial charge in [-0.25, -0.2) is 13.2 Å². The summed E-state index contributed by atoms with van der Waals surface area (Å²) >= 11 is 0.622. The quantitative estimate of drug-likeness (QED) is 0.710. The number of carbonyl (C=O) groups is 2. The number of aliphatic hydroxyl groups excluding tert-OH is 1. The van der Waals surface area contributed by atoms with E-state index in [9.17, 15) is 19.1 Å². The van der Waals surface area contributed by atoms with Crippen LogP contribution in [0.15, 0.2) is 23.8 Å². The molecule has 4 aliphatic rings. The Kier molecular flexibility index (Phi) is 4.90. The molecular weight excluding hydrogens is 401 g/mol. The van der Waals surface area contributed by atoms with E-state index in [-0.39, 0.29) is 41.1 Å². The predicted molar refractivity (Wildman–Crippen MR) is 105 cm³/mol. The number of allylic oxidation sites excluding steroid dienone is 4. The number of fused-ring (bicyclic) bond motifs is 5. The van der Waals surface area contributed by atoms with Gasteiger partial charge < -0.3 is 5.11 Å². The van der Waals surface area contributed by atoms with Crippen molar-refractivity contribution in [1.82, 2.24) is 0 Å². The van der Waals surface area contributed by atoms with E-state index in [0.717, 1.165) is 0 Å². The van der Waals surface area contributed by atoms with Crippen LogP contribution >= 0.6 is 11.8 Å². The molecular formula is C22H27F3O3S. The Labute approximate surface area is 173 Å². The lowest BCUT2D eigenvalue weighted by Crippen LogP contribution is -2.68. The van der Waals surface area contributed by atoms with E-state index in [2.05, 4.69) is 0 Å². The molecule has 0 aromatic rings. The van der Waals surface area contributed by atoms with Crippen LogP contribution in [0.5, 0.6) is 0 Å². The first-order chi connectivity index (χ1) is 13.5. The summed E-state index contributed by atoms with van der Waals surface area (Å²) in [6, 6.07) is -0.820. The number of hydrogen-bond donors (Lipinski definition) is 1. The number of rotatable bonds is 2. The Hall–Kier alpha value is -1.08. The normalized spacial score (nSPS) is 51.1. The second-order valence-corrected chi connectivity index (χ2v) is 10.6. The fourth-order valence-electron chi connectivity index (χ4n) is 7.22. The molecule has 160 valence electrons. The SMILES string of the molecule is C[C@@H]1C[C@H]2[C@@H]3C[C@H](F)C4=CC(=O)C=C[C@]4(C)C3(F)[C@@H](O)C[C@]2(C)C1C(=O)SCF. The van der Waals surface area contributed by atoms with Gasteiger partial charge >= 0.3 is 0 Å². The van der Waals surface area contributed by atoms with Crippen LogP contribution in [-0.2, 0) is 9.59 Å². The lowest BCUT2D eigenvalue weighted by molar-refractivity contribution is -0.201. The first kappa shape index (κ1) is 21.2. The summed E-state index contributed by atoms with van der Waals surface area (Å²) in [5, 5.41) is 10.8. The van der Waals surface area contributed by atoms with Gasteiger partial charge in [-0.1, -0.05) is 31.7 Å². The smallest absolute Gasteiger partial charge is 0.195 e. The van der Waals surface area contributed by atoms with Crippen molar-refractivity contribution in [2.24, 2.45) is 34.5 Å². The van der Waals surface area contributed by atoms with Gasteiger partial charge in [0, 0.05) is 17.3 Å². The first-order valence-corrected chi connectivity index (χ1v) is 11.2. The van der Waals surface area contributed by atoms with Crippen molar-refractivity contribution < 1.29 is 27.9 Å². The van der Waals surface area contributed by atoms with Crippen molar-refractivity contribution in [3.8, 4) is 0 Å². The van der Waals surface area contributed by atoms with Crippen molar-refractivity contribution >= 4 is 22.7 Å². The van der Waals surface area contributed by atoms with Gasteiger partial charge in [-0.05, 0) is 61.2 Å². The summed E-state index contributed by atoms with van der Waals surface area (Å²) in [5.74, 6) is -2.07. The van der Waals surface area contributed by atoms with Crippen molar-refractivity contribution in [3.63, 3.8) is 0 Å². The molecule has 4 rings (SSSR count). The van der Waals surface area contributed by atoms with Crippen molar-refractivity contribution in [2.45, 2.75) is 58.0 Å². The van der Waals surface area contributed by atoms with E-state index in [1.165, 1.54) is 18.2 Å². The summed E-state index contributed by atoms with van der Waals surface area (Å²) in [6.45, 7) is 5.33. The van der Waals surface area contributed by atoms with Crippen LogP contribution in [-0.4, -0.2) is 40.0 Å². The molecule has 3 fully saturated rings. The van der Waals surface area contributed by atoms with Gasteiger partial charge in [-0.3, -0.25) is 9.59 Å². The average molecular weight is 429 g/mol. The molecule has 0 aromatic carbocycles. The summed E-state index contributed by atoms with van der Waals surface area (Å²) < 4.78 is 45.0. The minimum Gasteiger partial charge on any atom is -0.390 e. The highest BCUT2D eigenvalue weighted by Gasteiger charge is 2.73. The molecule has 0 bridgehead atoms. The molecule has 0 aromatic heterocycles. The van der Waals surface area contributed by atoms with E-state index >= 15 is 8.78 Å². The molecule has 0 amide bonds. The van der Waals surface area contributed by atoms with E-state index in [1.54, 1.807) is 6.92 Å². The number of ketones is 1. The molecule has 9 atom stereocenters. The molecule has 2 unspecified atom stereocenters. The highest BCUT2D eigenvalue weighted by Crippen LogP contribution is 2.70. The lowest BCUT2D eigenvalue weighted by Gasteiger charge is -2.62. The Bertz CT molecular complexity index is 813. The molecule has 3 nitrogen and oxygen atoms in total. The molecule has 0 heterocycles. The predicted octanol–water partition coefficient (Wildman–Crippen LogP) is 4.35. The highest BCUT2D eigenvalue weighted by atomic mass is 32.2. The topological polar surface area (TPSA) is 54.4 Å². The van der Waals surface area contributed by atoms with E-state index < -0.39 is 46.6 Å². The summed E-state index contributed by atoms with van der Waals surface area (Å²) in [7, 11) is 0. The molecule has 29 heavy (non-hydrogen) atoms. The Balaban J connectivity index is 1.80. The van der Waals surface area contributed by atoms with Gasteiger partial charge in [0.05, 0.1) is 6.10 Å². The highest BCUT2D eigenvalue weighted by molar-refractivity contribution is 8.13. The minimum absolute atomic E-state index is 0.0554. The van der Waals surface area contributed by atoms with Gasteiger partial charge in [0.15, 0.2) is 16.6 Å². The number of thioether (sulfide) groups is 1. The van der Waals surface area contributed by atoms with Crippen LogP contribution in [0.2, 0.25) is 0 Å². The maximum Gasteiger partial charge on any atom is 0.195 e. The zero-order valence-corrected chi connectivity index (χ0v) is 17.6. The molecule has 0 aliphatic heterocycles. The van der Waals surface area contributed by atoms with Crippen LogP contribution in [0.1, 0.15) is 40.0 Å². The number of alkyl halides is 3. The maximum atomic E-state index is 16.9. The Morgan fingerprint density at radius 2 is 2.00 bits per heavy atom. The van der Waals surface area contributed by atoms with Crippen LogP contribution < -0.4 is 0 Å². The molecule has 7 heteroatoms. The van der Waals surface area contributed by atoms with Crippen LogP contribution in [0.3, 0.4) is 0 Å². The van der Waals surface area contributed by atoms with Crippen molar-refractivity contribution in [2.75, 3.05) is 6.01 Å². The maximum absolute atomic E-state index is 16.9. The number of hydrogen-bond acceptors (Lipinski definition) is 4. The fourth-order valence-corrected chi connectivity index (χ4v) is 8.01. The van der Waals surface area contributed by atoms with Crippen LogP contribution in [0.25, 0.3) is 0 Å². The third-order valence-electron chi connectivity index (χ3n) is 8.42. The van der Waals surface area contributed by atoms with Crippen molar-refractivity contribution in [1.29, 1.82) is 0 Å². The molecule has 1 N–H and O–H groups in total. The number of aliphatic hydroxyl groups is 1. The average Bonchev–Trinajstić information content (AvgIpc) is 2.90. The summed E-state index contributed by atoms with van der Waals surface area (Å²) in [6.07, 6.45) is 1.40. The van der Waals surface area contributed by atoms with Gasteiger partial charge in [-0.15, -0.1) is 0 Å². The lowest BCUT2D eigenvalue weighted by atomic mass is 9.45. The van der Waals surface area contributed by atoms with E-state index in [4.69, 9.17) is 0 Å². The molecule has 4 aliphatic carbocycles. The summed E-state index contributed by atoms with van der Waals surface area (Å²) in [4.78, 5) is 24.5. The number of halogens is 3. The Morgan fingerprint density at radius 1 is 1.31 bits per heavy atom. The van der Waals surface area contributed by atoms with Gasteiger partial charge in [-0.2, -0.15) is 0 Å². The van der Waals surface area contributed by atoms with Crippen molar-refractivity contribution in [3.05, 3.63) is 23.8 Å². The molecule has 0 radical (unpaired) electrons. The van der Waals surface area contributed by atoms with Gasteiger partial charge in [0.25, 0.3) is 0 Å². The molecule has 3 saturated carbocycles. The first-order valence-electron chi connectivity index (χ1n) is 10.2. The number of carbonyl (C=O) groups excluding carboxylic acids is 2. The van der Waals surface area contributed by atoms with Crippen LogP contribution in [0, 0.1) is 34.5 Å². The second-order valence-electron chi connectivity index (χ2n) is 9.71. The third kappa shape index (κ3) is 2.62. The Morgan fingerprint density at radius 3 is 2.66 bits per heavy atom. The fraction of sp³-hybridized carbons (Fsp3) is 0.727. The van der Waals surface area contributed by atoms with E-state index in [0.29, 0.717) is 18.2 Å². The molecule has 0 spiro atoms. The zero-order chi connectivity index (χ0) is 21.4. The van der Waals surface area contributed by atoms with Crippen LogP contribution in [0.4, 0.5) is 13.2 Å². The molecule has 0 saturated heterocycles. The van der Waals surface area contributed by atoms with E-state index in [1.807, 2.05) is 13.8 Å². The minimum atomic E-state index is -2.13. The standard InChI is InChI=1S/C22H27F3O3S/c1-11-6-13-14-8-16(24)15-7-12(26)4-5-21(15,3)22(14,25)17(27)9-20(13,2)18(11)19(28)29-10-23/h4-5,7,11,13-14,16-18,27H,6,8-10H2,1-3H3/t11-,13+,14+,16+,17+,18?,20+,21+,22?/m1/s1. The monoisotopic (exact) mass is 428 g/mol. The zero-order valence-electron chi connectivity index (χ0n) is 16.8. The largest absolute Gasteiger partial charge is 0.390 e. The summed E-state index contributed by atoms with van der Waals surface area (Å²) in [5.41, 5.74) is -4.17. The van der Waals surface area contributed by atoms with Gasteiger partial charge in [0.2, 0.25) is 0 Å².